The van der Waals surface area contributed by atoms with E-state index in [4.69, 9.17) is 0 Å². The Bertz CT molecular complexity index is 520. The average molecular weight is 270 g/mol. The van der Waals surface area contributed by atoms with Crippen LogP contribution in [-0.2, 0) is 13.1 Å². The van der Waals surface area contributed by atoms with Gasteiger partial charge in [0.05, 0.1) is 0 Å². The first kappa shape index (κ1) is 14.9. The minimum Gasteiger partial charge on any atom is -0.354 e. The van der Waals surface area contributed by atoms with Crippen LogP contribution in [0.2, 0.25) is 0 Å². The maximum Gasteiger partial charge on any atom is 0.0372 e. The molecule has 0 spiro atoms. The molecule has 1 atom stereocenters. The smallest absolute Gasteiger partial charge is 0.0372 e. The molecule has 1 aromatic heterocycles. The molecule has 0 aliphatic rings. The largest absolute Gasteiger partial charge is 0.354 e. The van der Waals surface area contributed by atoms with E-state index in [1.165, 1.54) is 11.1 Å². The Balaban J connectivity index is 2.09. The third kappa shape index (κ3) is 3.73. The van der Waals surface area contributed by atoms with Crippen LogP contribution in [-0.4, -0.2) is 4.57 Å². The number of nitrogens with one attached hydrogen (secondary N) is 1. The molecule has 1 unspecified atom stereocenters. The minimum absolute atomic E-state index is 0.189. The topological polar surface area (TPSA) is 17.0 Å². The Hall–Kier alpha value is -1.54. The first-order valence-corrected chi connectivity index (χ1v) is 7.43. The molecule has 2 rings (SSSR count). The molecule has 0 bridgehead atoms. The van der Waals surface area contributed by atoms with Gasteiger partial charge in [-0.15, -0.1) is 0 Å². The molecule has 20 heavy (non-hydrogen) atoms. The van der Waals surface area contributed by atoms with Crippen LogP contribution in [0.5, 0.6) is 0 Å². The van der Waals surface area contributed by atoms with Gasteiger partial charge in [0.1, 0.15) is 0 Å². The number of aryl methyl sites for hydroxylation is 1. The van der Waals surface area contributed by atoms with Crippen molar-refractivity contribution >= 4 is 0 Å². The standard InChI is InChI=1S/C18H26N2/c1-5-20-12-11-15(14-20)13-19-17(18(2,3)4)16-9-7-6-8-10-16/h6-12,14,17,19H,5,13H2,1-4H3. The predicted molar refractivity (Wildman–Crippen MR) is 85.6 cm³/mol. The Morgan fingerprint density at radius 1 is 1.10 bits per heavy atom. The van der Waals surface area contributed by atoms with Gasteiger partial charge in [0, 0.05) is 31.5 Å². The molecule has 0 saturated carbocycles. The third-order valence-corrected chi connectivity index (χ3v) is 3.69. The SMILES string of the molecule is CCn1ccc(CNC(c2ccccc2)C(C)(C)C)c1. The summed E-state index contributed by atoms with van der Waals surface area (Å²) in [6, 6.07) is 13.3. The average Bonchev–Trinajstić information content (AvgIpc) is 2.87. The molecule has 0 aliphatic heterocycles. The summed E-state index contributed by atoms with van der Waals surface area (Å²) in [6.45, 7) is 11.0. The molecule has 2 nitrogen and oxygen atoms in total. The fourth-order valence-corrected chi connectivity index (χ4v) is 2.58. The lowest BCUT2D eigenvalue weighted by Gasteiger charge is -2.32. The van der Waals surface area contributed by atoms with Crippen molar-refractivity contribution in [2.45, 2.75) is 46.8 Å². The second-order valence-electron chi connectivity index (χ2n) is 6.44. The van der Waals surface area contributed by atoms with E-state index in [1.807, 2.05) is 0 Å². The lowest BCUT2D eigenvalue weighted by atomic mass is 9.82. The van der Waals surface area contributed by atoms with Crippen LogP contribution in [0.1, 0.15) is 44.9 Å². The maximum atomic E-state index is 3.72. The number of hydrogen-bond donors (Lipinski definition) is 1. The molecule has 1 heterocycles. The summed E-state index contributed by atoms with van der Waals surface area (Å²) in [5.74, 6) is 0. The zero-order chi connectivity index (χ0) is 14.6. The van der Waals surface area contributed by atoms with E-state index in [2.05, 4.69) is 86.4 Å². The van der Waals surface area contributed by atoms with Crippen LogP contribution in [0.3, 0.4) is 0 Å². The van der Waals surface area contributed by atoms with Gasteiger partial charge in [-0.3, -0.25) is 0 Å². The van der Waals surface area contributed by atoms with Crippen LogP contribution < -0.4 is 5.32 Å². The maximum absolute atomic E-state index is 3.72. The van der Waals surface area contributed by atoms with Crippen molar-refractivity contribution in [3.63, 3.8) is 0 Å². The molecule has 0 radical (unpaired) electrons. The first-order chi connectivity index (χ1) is 9.50. The highest BCUT2D eigenvalue weighted by atomic mass is 15.0. The van der Waals surface area contributed by atoms with Gasteiger partial charge < -0.3 is 9.88 Å². The first-order valence-electron chi connectivity index (χ1n) is 7.43. The quantitative estimate of drug-likeness (QED) is 0.853. The fraction of sp³-hybridized carbons (Fsp3) is 0.444. The van der Waals surface area contributed by atoms with Gasteiger partial charge in [-0.25, -0.2) is 0 Å². The highest BCUT2D eigenvalue weighted by Crippen LogP contribution is 2.32. The summed E-state index contributed by atoms with van der Waals surface area (Å²) in [6.07, 6.45) is 4.36. The van der Waals surface area contributed by atoms with Gasteiger partial charge in [0.15, 0.2) is 0 Å². The third-order valence-electron chi connectivity index (χ3n) is 3.69. The molecular formula is C18H26N2. The van der Waals surface area contributed by atoms with E-state index in [-0.39, 0.29) is 5.41 Å². The molecule has 108 valence electrons. The fourth-order valence-electron chi connectivity index (χ4n) is 2.58. The van der Waals surface area contributed by atoms with E-state index < -0.39 is 0 Å². The van der Waals surface area contributed by atoms with Crippen molar-refractivity contribution in [1.29, 1.82) is 0 Å². The van der Waals surface area contributed by atoms with Gasteiger partial charge in [0.2, 0.25) is 0 Å². The summed E-state index contributed by atoms with van der Waals surface area (Å²) in [5, 5.41) is 3.72. The summed E-state index contributed by atoms with van der Waals surface area (Å²) in [5.41, 5.74) is 2.89. The van der Waals surface area contributed by atoms with Crippen molar-refractivity contribution < 1.29 is 0 Å². The summed E-state index contributed by atoms with van der Waals surface area (Å²) in [7, 11) is 0. The molecule has 1 N–H and O–H groups in total. The van der Waals surface area contributed by atoms with Crippen molar-refractivity contribution in [3.05, 3.63) is 59.9 Å². The molecule has 0 fully saturated rings. The van der Waals surface area contributed by atoms with Gasteiger partial charge >= 0.3 is 0 Å². The van der Waals surface area contributed by atoms with Crippen LogP contribution in [0.25, 0.3) is 0 Å². The van der Waals surface area contributed by atoms with Crippen molar-refractivity contribution in [2.75, 3.05) is 0 Å². The van der Waals surface area contributed by atoms with Gasteiger partial charge in [-0.05, 0) is 29.5 Å². The molecule has 1 aromatic carbocycles. The van der Waals surface area contributed by atoms with Gasteiger partial charge in [-0.1, -0.05) is 51.1 Å². The Morgan fingerprint density at radius 2 is 1.80 bits per heavy atom. The van der Waals surface area contributed by atoms with Gasteiger partial charge in [0.25, 0.3) is 0 Å². The normalized spacial score (nSPS) is 13.4. The summed E-state index contributed by atoms with van der Waals surface area (Å²) >= 11 is 0. The lowest BCUT2D eigenvalue weighted by molar-refractivity contribution is 0.271. The van der Waals surface area contributed by atoms with E-state index >= 15 is 0 Å². The molecule has 0 amide bonds. The van der Waals surface area contributed by atoms with Crippen LogP contribution in [0, 0.1) is 5.41 Å². The van der Waals surface area contributed by atoms with Crippen LogP contribution in [0.15, 0.2) is 48.8 Å². The zero-order valence-corrected chi connectivity index (χ0v) is 13.1. The predicted octanol–water partition coefficient (Wildman–Crippen LogP) is 4.39. The number of nitrogens with zero attached hydrogens (tertiary/aromatic N) is 1. The number of aromatic nitrogens is 1. The molecule has 0 aliphatic carbocycles. The molecular weight excluding hydrogens is 244 g/mol. The second-order valence-corrected chi connectivity index (χ2v) is 6.44. The summed E-state index contributed by atoms with van der Waals surface area (Å²) < 4.78 is 2.21. The Kier molecular flexibility index (Phi) is 4.66. The highest BCUT2D eigenvalue weighted by Gasteiger charge is 2.25. The Labute approximate surface area is 122 Å². The van der Waals surface area contributed by atoms with E-state index in [0.717, 1.165) is 13.1 Å². The molecule has 2 heteroatoms. The lowest BCUT2D eigenvalue weighted by Crippen LogP contribution is -2.31. The van der Waals surface area contributed by atoms with E-state index in [1.54, 1.807) is 0 Å². The molecule has 2 aromatic rings. The van der Waals surface area contributed by atoms with Crippen molar-refractivity contribution in [1.82, 2.24) is 9.88 Å². The van der Waals surface area contributed by atoms with Gasteiger partial charge in [-0.2, -0.15) is 0 Å². The Morgan fingerprint density at radius 3 is 2.35 bits per heavy atom. The number of benzene rings is 1. The van der Waals surface area contributed by atoms with E-state index in [9.17, 15) is 0 Å². The highest BCUT2D eigenvalue weighted by molar-refractivity contribution is 5.21. The zero-order valence-electron chi connectivity index (χ0n) is 13.1. The monoisotopic (exact) mass is 270 g/mol. The minimum atomic E-state index is 0.189. The van der Waals surface area contributed by atoms with Crippen molar-refractivity contribution in [3.8, 4) is 0 Å². The summed E-state index contributed by atoms with van der Waals surface area (Å²) in [4.78, 5) is 0. The molecule has 0 saturated heterocycles. The van der Waals surface area contributed by atoms with Crippen LogP contribution >= 0.6 is 0 Å². The van der Waals surface area contributed by atoms with Crippen molar-refractivity contribution in [2.24, 2.45) is 5.41 Å². The number of hydrogen-bond acceptors (Lipinski definition) is 1. The second kappa shape index (κ2) is 6.27. The number of rotatable bonds is 5. The van der Waals surface area contributed by atoms with E-state index in [0.29, 0.717) is 6.04 Å². The van der Waals surface area contributed by atoms with Crippen LogP contribution in [0.4, 0.5) is 0 Å².